The van der Waals surface area contributed by atoms with Gasteiger partial charge >= 0.3 is 0 Å². The molecule has 1 aromatic heterocycles. The third-order valence-electron chi connectivity index (χ3n) is 2.87. The average Bonchev–Trinajstić information content (AvgIpc) is 2.77. The van der Waals surface area contributed by atoms with E-state index in [2.05, 4.69) is 29.5 Å². The second-order valence-electron chi connectivity index (χ2n) is 4.00. The molecule has 0 saturated heterocycles. The fraction of sp³-hybridized carbons (Fsp3) is 0.214. The van der Waals surface area contributed by atoms with Crippen molar-refractivity contribution < 1.29 is 4.74 Å². The molecule has 2 aromatic rings. The van der Waals surface area contributed by atoms with Gasteiger partial charge in [-0.2, -0.15) is 0 Å². The zero-order valence-electron chi connectivity index (χ0n) is 10.4. The van der Waals surface area contributed by atoms with Crippen LogP contribution in [0.1, 0.15) is 16.8 Å². The Morgan fingerprint density at radius 3 is 2.71 bits per heavy atom. The summed E-state index contributed by atoms with van der Waals surface area (Å²) >= 11 is 0. The Morgan fingerprint density at radius 1 is 1.29 bits per heavy atom. The molecule has 0 fully saturated rings. The lowest BCUT2D eigenvalue weighted by atomic mass is 10.0. The third-order valence-corrected chi connectivity index (χ3v) is 2.87. The first-order chi connectivity index (χ1) is 8.17. The minimum absolute atomic E-state index is 0.860. The molecule has 1 aromatic carbocycles. The van der Waals surface area contributed by atoms with Gasteiger partial charge in [-0.05, 0) is 37.1 Å². The van der Waals surface area contributed by atoms with Crippen LogP contribution in [-0.4, -0.2) is 17.1 Å². The third kappa shape index (κ3) is 1.96. The van der Waals surface area contributed by atoms with Crippen LogP contribution in [-0.2, 0) is 0 Å². The molecule has 0 bridgehead atoms. The number of hydrogen-bond donors (Lipinski definition) is 1. The molecular weight excluding hydrogens is 212 g/mol. The van der Waals surface area contributed by atoms with Crippen molar-refractivity contribution in [3.8, 4) is 17.0 Å². The number of nitrogens with zero attached hydrogens (tertiary/aromatic N) is 1. The number of imidazole rings is 1. The minimum atomic E-state index is 0.860. The lowest BCUT2D eigenvalue weighted by molar-refractivity contribution is 0.412. The van der Waals surface area contributed by atoms with Gasteiger partial charge in [-0.3, -0.25) is 0 Å². The van der Waals surface area contributed by atoms with Crippen molar-refractivity contribution in [2.45, 2.75) is 13.8 Å². The highest BCUT2D eigenvalue weighted by Gasteiger charge is 2.11. The topological polar surface area (TPSA) is 37.9 Å². The van der Waals surface area contributed by atoms with Crippen LogP contribution in [0.2, 0.25) is 0 Å². The van der Waals surface area contributed by atoms with E-state index in [9.17, 15) is 0 Å². The summed E-state index contributed by atoms with van der Waals surface area (Å²) in [5.74, 6) is 0.884. The second-order valence-corrected chi connectivity index (χ2v) is 4.00. The first kappa shape index (κ1) is 11.5. The van der Waals surface area contributed by atoms with E-state index in [4.69, 9.17) is 4.74 Å². The van der Waals surface area contributed by atoms with Crippen LogP contribution in [0.3, 0.4) is 0 Å². The molecule has 0 radical (unpaired) electrons. The lowest BCUT2D eigenvalue weighted by Crippen LogP contribution is -1.92. The molecule has 0 aliphatic rings. The first-order valence-corrected chi connectivity index (χ1v) is 5.48. The number of aromatic amines is 1. The normalized spacial score (nSPS) is 10.3. The van der Waals surface area contributed by atoms with Crippen molar-refractivity contribution in [1.29, 1.82) is 0 Å². The van der Waals surface area contributed by atoms with Crippen LogP contribution in [0.5, 0.6) is 5.75 Å². The van der Waals surface area contributed by atoms with E-state index in [0.717, 1.165) is 28.3 Å². The Labute approximate surface area is 101 Å². The van der Waals surface area contributed by atoms with Crippen LogP contribution in [0.25, 0.3) is 17.3 Å². The standard InChI is InChI=1S/C14H16N2O/c1-5-12-14(16-8-15-12)11-7-13(17-4)10(3)6-9(11)2/h5-8H,1H2,2-4H3,(H,15,16). The smallest absolute Gasteiger partial charge is 0.122 e. The van der Waals surface area contributed by atoms with E-state index in [1.807, 2.05) is 13.0 Å². The molecule has 1 N–H and O–H groups in total. The summed E-state index contributed by atoms with van der Waals surface area (Å²) in [4.78, 5) is 7.36. The van der Waals surface area contributed by atoms with Gasteiger partial charge in [-0.25, -0.2) is 4.98 Å². The minimum Gasteiger partial charge on any atom is -0.496 e. The fourth-order valence-electron chi connectivity index (χ4n) is 2.00. The van der Waals surface area contributed by atoms with Gasteiger partial charge in [-0.1, -0.05) is 12.6 Å². The molecule has 0 unspecified atom stereocenters. The Morgan fingerprint density at radius 2 is 2.06 bits per heavy atom. The molecular formula is C14H16N2O. The predicted molar refractivity (Wildman–Crippen MR) is 70.1 cm³/mol. The number of methoxy groups -OCH3 is 1. The monoisotopic (exact) mass is 228 g/mol. The molecule has 3 heteroatoms. The maximum atomic E-state index is 5.35. The summed E-state index contributed by atoms with van der Waals surface area (Å²) in [6.45, 7) is 7.88. The van der Waals surface area contributed by atoms with Gasteiger partial charge in [-0.15, -0.1) is 0 Å². The quantitative estimate of drug-likeness (QED) is 0.874. The molecule has 0 atom stereocenters. The molecule has 0 spiro atoms. The van der Waals surface area contributed by atoms with Gasteiger partial charge in [0.15, 0.2) is 0 Å². The van der Waals surface area contributed by atoms with Gasteiger partial charge in [0.2, 0.25) is 0 Å². The van der Waals surface area contributed by atoms with Crippen molar-refractivity contribution in [3.63, 3.8) is 0 Å². The van der Waals surface area contributed by atoms with Crippen molar-refractivity contribution in [3.05, 3.63) is 41.9 Å². The van der Waals surface area contributed by atoms with Gasteiger partial charge in [0.25, 0.3) is 0 Å². The van der Waals surface area contributed by atoms with E-state index in [-0.39, 0.29) is 0 Å². The van der Waals surface area contributed by atoms with Crippen LogP contribution in [0.15, 0.2) is 25.0 Å². The van der Waals surface area contributed by atoms with Gasteiger partial charge in [0.1, 0.15) is 5.75 Å². The SMILES string of the molecule is C=Cc1nc[nH]c1-c1cc(OC)c(C)cc1C. The zero-order valence-corrected chi connectivity index (χ0v) is 10.4. The summed E-state index contributed by atoms with van der Waals surface area (Å²) in [6.07, 6.45) is 3.43. The average molecular weight is 228 g/mol. The van der Waals surface area contributed by atoms with Gasteiger partial charge in [0.05, 0.1) is 24.8 Å². The largest absolute Gasteiger partial charge is 0.496 e. The molecule has 17 heavy (non-hydrogen) atoms. The summed E-state index contributed by atoms with van der Waals surface area (Å²) in [5, 5.41) is 0. The number of nitrogens with one attached hydrogen (secondary N) is 1. The number of benzene rings is 1. The maximum absolute atomic E-state index is 5.35. The molecule has 2 rings (SSSR count). The van der Waals surface area contributed by atoms with Gasteiger partial charge < -0.3 is 9.72 Å². The number of H-pyrrole nitrogens is 1. The summed E-state index contributed by atoms with van der Waals surface area (Å²) in [6, 6.07) is 4.15. The summed E-state index contributed by atoms with van der Waals surface area (Å²) in [7, 11) is 1.68. The van der Waals surface area contributed by atoms with E-state index >= 15 is 0 Å². The fourth-order valence-corrected chi connectivity index (χ4v) is 2.00. The molecule has 0 amide bonds. The molecule has 0 aliphatic carbocycles. The summed E-state index contributed by atoms with van der Waals surface area (Å²) < 4.78 is 5.35. The Bertz CT molecular complexity index is 555. The lowest BCUT2D eigenvalue weighted by Gasteiger charge is -2.10. The number of hydrogen-bond acceptors (Lipinski definition) is 2. The predicted octanol–water partition coefficient (Wildman–Crippen LogP) is 3.35. The molecule has 0 saturated carbocycles. The van der Waals surface area contributed by atoms with Crippen LogP contribution in [0, 0.1) is 13.8 Å². The zero-order chi connectivity index (χ0) is 12.4. The van der Waals surface area contributed by atoms with Crippen molar-refractivity contribution in [2.75, 3.05) is 7.11 Å². The van der Waals surface area contributed by atoms with Crippen LogP contribution in [0.4, 0.5) is 0 Å². The molecule has 88 valence electrons. The Hall–Kier alpha value is -2.03. The van der Waals surface area contributed by atoms with Crippen molar-refractivity contribution >= 4 is 6.08 Å². The number of rotatable bonds is 3. The Balaban J connectivity index is 2.63. The number of ether oxygens (including phenoxy) is 1. The van der Waals surface area contributed by atoms with E-state index in [1.165, 1.54) is 5.56 Å². The van der Waals surface area contributed by atoms with Gasteiger partial charge in [0, 0.05) is 5.56 Å². The van der Waals surface area contributed by atoms with E-state index < -0.39 is 0 Å². The van der Waals surface area contributed by atoms with Crippen LogP contribution < -0.4 is 4.74 Å². The second kappa shape index (κ2) is 4.45. The van der Waals surface area contributed by atoms with Crippen LogP contribution >= 0.6 is 0 Å². The maximum Gasteiger partial charge on any atom is 0.122 e. The van der Waals surface area contributed by atoms with E-state index in [0.29, 0.717) is 0 Å². The Kier molecular flexibility index (Phi) is 3.00. The van der Waals surface area contributed by atoms with E-state index in [1.54, 1.807) is 19.5 Å². The number of aryl methyl sites for hydroxylation is 2. The highest BCUT2D eigenvalue weighted by Crippen LogP contribution is 2.31. The summed E-state index contributed by atoms with van der Waals surface area (Å²) in [5.41, 5.74) is 5.26. The molecule has 0 aliphatic heterocycles. The van der Waals surface area contributed by atoms with Crippen molar-refractivity contribution in [1.82, 2.24) is 9.97 Å². The highest BCUT2D eigenvalue weighted by molar-refractivity contribution is 5.73. The van der Waals surface area contributed by atoms with Crippen molar-refractivity contribution in [2.24, 2.45) is 0 Å². The molecule has 1 heterocycles. The number of aromatic nitrogens is 2. The molecule has 3 nitrogen and oxygen atoms in total. The highest BCUT2D eigenvalue weighted by atomic mass is 16.5. The first-order valence-electron chi connectivity index (χ1n) is 5.48.